The van der Waals surface area contributed by atoms with E-state index >= 15 is 0 Å². The summed E-state index contributed by atoms with van der Waals surface area (Å²) in [4.78, 5) is 0. The Kier molecular flexibility index (Phi) is 2.97. The van der Waals surface area contributed by atoms with Gasteiger partial charge in [-0.15, -0.1) is 0 Å². The van der Waals surface area contributed by atoms with Crippen LogP contribution in [0.4, 0.5) is 11.4 Å². The summed E-state index contributed by atoms with van der Waals surface area (Å²) in [5.41, 5.74) is 3.65. The number of nitrogens with one attached hydrogen (secondary N) is 2. The van der Waals surface area contributed by atoms with Crippen molar-refractivity contribution in [3.63, 3.8) is 0 Å². The second kappa shape index (κ2) is 4.00. The molecule has 1 aromatic rings. The van der Waals surface area contributed by atoms with Crippen LogP contribution in [0.1, 0.15) is 12.5 Å². The molecule has 0 aliphatic carbocycles. The van der Waals surface area contributed by atoms with Gasteiger partial charge >= 0.3 is 0 Å². The molecule has 2 heteroatoms. The summed E-state index contributed by atoms with van der Waals surface area (Å²) < 4.78 is 0. The molecule has 0 aliphatic rings. The van der Waals surface area contributed by atoms with Crippen molar-refractivity contribution in [3.05, 3.63) is 23.8 Å². The minimum absolute atomic E-state index is 0.966. The Hall–Kier alpha value is -1.18. The molecule has 0 saturated heterocycles. The summed E-state index contributed by atoms with van der Waals surface area (Å²) in [6.07, 6.45) is 0. The largest absolute Gasteiger partial charge is 0.388 e. The fourth-order valence-corrected chi connectivity index (χ4v) is 1.16. The molecule has 12 heavy (non-hydrogen) atoms. The average Bonchev–Trinajstić information content (AvgIpc) is 2.09. The van der Waals surface area contributed by atoms with Crippen molar-refractivity contribution >= 4 is 11.4 Å². The fourth-order valence-electron chi connectivity index (χ4n) is 1.16. The van der Waals surface area contributed by atoms with Gasteiger partial charge in [-0.2, -0.15) is 0 Å². The van der Waals surface area contributed by atoms with Crippen LogP contribution in [-0.2, 0) is 0 Å². The molecule has 1 aromatic carbocycles. The molecule has 0 atom stereocenters. The van der Waals surface area contributed by atoms with E-state index in [2.05, 4.69) is 42.7 Å². The molecule has 0 unspecified atom stereocenters. The van der Waals surface area contributed by atoms with Crippen LogP contribution in [-0.4, -0.2) is 13.6 Å². The van der Waals surface area contributed by atoms with E-state index in [1.165, 1.54) is 11.3 Å². The first-order valence-electron chi connectivity index (χ1n) is 4.30. The summed E-state index contributed by atoms with van der Waals surface area (Å²) in [6, 6.07) is 6.32. The van der Waals surface area contributed by atoms with E-state index in [0.29, 0.717) is 0 Å². The summed E-state index contributed by atoms with van der Waals surface area (Å²) in [5, 5.41) is 6.42. The lowest BCUT2D eigenvalue weighted by molar-refractivity contribution is 1.20. The highest BCUT2D eigenvalue weighted by molar-refractivity contribution is 5.60. The van der Waals surface area contributed by atoms with Gasteiger partial charge in [0, 0.05) is 25.0 Å². The van der Waals surface area contributed by atoms with Crippen LogP contribution in [0, 0.1) is 6.92 Å². The van der Waals surface area contributed by atoms with Crippen LogP contribution in [0.5, 0.6) is 0 Å². The predicted molar refractivity (Wildman–Crippen MR) is 54.9 cm³/mol. The quantitative estimate of drug-likeness (QED) is 0.717. The zero-order valence-corrected chi connectivity index (χ0v) is 7.94. The minimum Gasteiger partial charge on any atom is -0.388 e. The molecule has 0 fully saturated rings. The van der Waals surface area contributed by atoms with Gasteiger partial charge in [-0.3, -0.25) is 0 Å². The van der Waals surface area contributed by atoms with E-state index < -0.39 is 0 Å². The van der Waals surface area contributed by atoms with Crippen LogP contribution in [0.15, 0.2) is 18.2 Å². The molecule has 2 nitrogen and oxygen atoms in total. The van der Waals surface area contributed by atoms with E-state index in [-0.39, 0.29) is 0 Å². The number of rotatable bonds is 3. The number of anilines is 2. The molecule has 66 valence electrons. The maximum atomic E-state index is 3.31. The van der Waals surface area contributed by atoms with Gasteiger partial charge < -0.3 is 10.6 Å². The third-order valence-electron chi connectivity index (χ3n) is 1.89. The monoisotopic (exact) mass is 164 g/mol. The molecule has 0 amide bonds. The van der Waals surface area contributed by atoms with Gasteiger partial charge in [0.25, 0.3) is 0 Å². The van der Waals surface area contributed by atoms with Gasteiger partial charge in [0.1, 0.15) is 0 Å². The van der Waals surface area contributed by atoms with Crippen LogP contribution in [0.2, 0.25) is 0 Å². The predicted octanol–water partition coefficient (Wildman–Crippen LogP) is 2.47. The van der Waals surface area contributed by atoms with Crippen molar-refractivity contribution in [1.82, 2.24) is 0 Å². The zero-order valence-electron chi connectivity index (χ0n) is 7.94. The van der Waals surface area contributed by atoms with Crippen molar-refractivity contribution in [2.45, 2.75) is 13.8 Å². The van der Waals surface area contributed by atoms with Crippen molar-refractivity contribution in [2.24, 2.45) is 0 Å². The smallest absolute Gasteiger partial charge is 0.0390 e. The summed E-state index contributed by atoms with van der Waals surface area (Å²) in [5.74, 6) is 0. The Balaban J connectivity index is 2.91. The molecule has 2 N–H and O–H groups in total. The Morgan fingerprint density at radius 3 is 2.67 bits per heavy atom. The summed E-state index contributed by atoms with van der Waals surface area (Å²) >= 11 is 0. The SMILES string of the molecule is CCNc1cc(NC)ccc1C. The first-order valence-corrected chi connectivity index (χ1v) is 4.30. The first-order chi connectivity index (χ1) is 5.77. The molecule has 0 aromatic heterocycles. The topological polar surface area (TPSA) is 24.1 Å². The second-order valence-electron chi connectivity index (χ2n) is 2.81. The number of hydrogen-bond acceptors (Lipinski definition) is 2. The maximum absolute atomic E-state index is 3.31. The maximum Gasteiger partial charge on any atom is 0.0390 e. The average molecular weight is 164 g/mol. The molecule has 0 radical (unpaired) electrons. The Morgan fingerprint density at radius 1 is 1.33 bits per heavy atom. The van der Waals surface area contributed by atoms with Crippen LogP contribution in [0.3, 0.4) is 0 Å². The number of aryl methyl sites for hydroxylation is 1. The van der Waals surface area contributed by atoms with E-state index in [4.69, 9.17) is 0 Å². The van der Waals surface area contributed by atoms with E-state index in [0.717, 1.165) is 12.2 Å². The fraction of sp³-hybridized carbons (Fsp3) is 0.400. The van der Waals surface area contributed by atoms with Gasteiger partial charge in [0.15, 0.2) is 0 Å². The standard InChI is InChI=1S/C10H16N2/c1-4-12-10-7-9(11-3)6-5-8(10)2/h5-7,11-12H,4H2,1-3H3. The third kappa shape index (κ3) is 1.91. The molecule has 0 bridgehead atoms. The highest BCUT2D eigenvalue weighted by Gasteiger charge is 1.96. The molecular weight excluding hydrogens is 148 g/mol. The van der Waals surface area contributed by atoms with Crippen molar-refractivity contribution < 1.29 is 0 Å². The van der Waals surface area contributed by atoms with Crippen LogP contribution in [0.25, 0.3) is 0 Å². The third-order valence-corrected chi connectivity index (χ3v) is 1.89. The van der Waals surface area contributed by atoms with Crippen LogP contribution < -0.4 is 10.6 Å². The van der Waals surface area contributed by atoms with Crippen LogP contribution >= 0.6 is 0 Å². The van der Waals surface area contributed by atoms with E-state index in [1.807, 2.05) is 7.05 Å². The normalized spacial score (nSPS) is 9.58. The lowest BCUT2D eigenvalue weighted by atomic mass is 10.2. The van der Waals surface area contributed by atoms with Gasteiger partial charge in [-0.25, -0.2) is 0 Å². The van der Waals surface area contributed by atoms with Crippen molar-refractivity contribution in [1.29, 1.82) is 0 Å². The highest BCUT2D eigenvalue weighted by Crippen LogP contribution is 2.19. The lowest BCUT2D eigenvalue weighted by Gasteiger charge is -2.09. The van der Waals surface area contributed by atoms with Crippen molar-refractivity contribution in [3.8, 4) is 0 Å². The highest BCUT2D eigenvalue weighted by atomic mass is 14.9. The Bertz CT molecular complexity index is 256. The molecule has 1 rings (SSSR count). The first kappa shape index (κ1) is 8.91. The van der Waals surface area contributed by atoms with Gasteiger partial charge in [0.2, 0.25) is 0 Å². The minimum atomic E-state index is 0.966. The molecule has 0 heterocycles. The second-order valence-corrected chi connectivity index (χ2v) is 2.81. The molecule has 0 aliphatic heterocycles. The molecular formula is C10H16N2. The number of benzene rings is 1. The Labute approximate surface area is 74.0 Å². The van der Waals surface area contributed by atoms with E-state index in [9.17, 15) is 0 Å². The summed E-state index contributed by atoms with van der Waals surface area (Å²) in [6.45, 7) is 5.18. The van der Waals surface area contributed by atoms with Gasteiger partial charge in [-0.1, -0.05) is 6.07 Å². The van der Waals surface area contributed by atoms with Gasteiger partial charge in [-0.05, 0) is 31.5 Å². The zero-order chi connectivity index (χ0) is 8.97. The lowest BCUT2D eigenvalue weighted by Crippen LogP contribution is -1.99. The van der Waals surface area contributed by atoms with Crippen molar-refractivity contribution in [2.75, 3.05) is 24.2 Å². The Morgan fingerprint density at radius 2 is 2.08 bits per heavy atom. The van der Waals surface area contributed by atoms with Gasteiger partial charge in [0.05, 0.1) is 0 Å². The summed E-state index contributed by atoms with van der Waals surface area (Å²) in [7, 11) is 1.93. The molecule has 0 spiro atoms. The molecule has 0 saturated carbocycles. The van der Waals surface area contributed by atoms with E-state index in [1.54, 1.807) is 0 Å². The number of hydrogen-bond donors (Lipinski definition) is 2.